The summed E-state index contributed by atoms with van der Waals surface area (Å²) in [7, 11) is 2.15. The minimum absolute atomic E-state index is 0.140. The molecule has 1 aliphatic heterocycles. The number of piperazine rings is 1. The molecule has 3 heteroatoms. The van der Waals surface area contributed by atoms with E-state index in [0.29, 0.717) is 5.92 Å². The maximum absolute atomic E-state index is 9.78. The van der Waals surface area contributed by atoms with Crippen LogP contribution in [0.15, 0.2) is 0 Å². The molecule has 1 rings (SSSR count). The first-order chi connectivity index (χ1) is 7.58. The molecule has 1 atom stereocenters. The average molecular weight is 230 g/mol. The molecule has 1 heterocycles. The van der Waals surface area contributed by atoms with Gasteiger partial charge in [0.25, 0.3) is 0 Å². The van der Waals surface area contributed by atoms with Crippen molar-refractivity contribution in [1.82, 2.24) is 9.80 Å². The summed E-state index contributed by atoms with van der Waals surface area (Å²) in [5.74, 6) is 0.595. The highest BCUT2D eigenvalue weighted by Crippen LogP contribution is 2.07. The van der Waals surface area contributed by atoms with Gasteiger partial charge in [0.05, 0.1) is 6.10 Å². The molecule has 0 aromatic heterocycles. The summed E-state index contributed by atoms with van der Waals surface area (Å²) in [5.41, 5.74) is 0. The van der Waals surface area contributed by atoms with Crippen LogP contribution >= 0.6 is 0 Å². The predicted molar refractivity (Wildman–Crippen MR) is 70.7 cm³/mol. The summed E-state index contributed by atoms with van der Waals surface area (Å²) in [6.07, 6.45) is 0.783. The number of β-amino-alcohol motifs (C(OH)–C–C–N with tert-alkyl or cyclic N) is 1. The zero-order valence-corrected chi connectivity index (χ0v) is 11.7. The molecular weight excluding hydrogens is 200 g/mol. The zero-order chi connectivity index (χ0) is 12.6. The molecule has 0 spiro atoms. The van der Waals surface area contributed by atoms with Crippen molar-refractivity contribution in [2.75, 3.05) is 39.8 Å². The fourth-order valence-corrected chi connectivity index (χ4v) is 1.95. The van der Waals surface area contributed by atoms with Crippen LogP contribution in [0, 0.1) is 5.92 Å². The number of aliphatic hydroxyl groups is 1. The standard InChI is InChI=1S/C11H24N2O.C2H6/c1-10(2)8-11(14)9-13-6-4-12(3)5-7-13;1-2/h10-11,14H,4-9H2,1-3H3;1-2H3. The van der Waals surface area contributed by atoms with Gasteiger partial charge in [-0.25, -0.2) is 0 Å². The third-order valence-electron chi connectivity index (χ3n) is 2.81. The molecule has 0 amide bonds. The number of aliphatic hydroxyl groups excluding tert-OH is 1. The quantitative estimate of drug-likeness (QED) is 0.796. The van der Waals surface area contributed by atoms with Crippen LogP contribution in [0.1, 0.15) is 34.1 Å². The Labute approximate surface area is 101 Å². The van der Waals surface area contributed by atoms with Gasteiger partial charge in [0.1, 0.15) is 0 Å². The van der Waals surface area contributed by atoms with Crippen LogP contribution in [0.4, 0.5) is 0 Å². The Hall–Kier alpha value is -0.120. The van der Waals surface area contributed by atoms with Crippen molar-refractivity contribution >= 4 is 0 Å². The van der Waals surface area contributed by atoms with E-state index in [1.165, 1.54) is 0 Å². The minimum Gasteiger partial charge on any atom is -0.392 e. The van der Waals surface area contributed by atoms with Gasteiger partial charge in [-0.15, -0.1) is 0 Å². The second-order valence-electron chi connectivity index (χ2n) is 4.89. The van der Waals surface area contributed by atoms with Crippen LogP contribution in [0.25, 0.3) is 0 Å². The van der Waals surface area contributed by atoms with Gasteiger partial charge in [-0.1, -0.05) is 27.7 Å². The molecule has 1 fully saturated rings. The molecule has 0 aromatic carbocycles. The van der Waals surface area contributed by atoms with E-state index in [1.807, 2.05) is 13.8 Å². The number of nitrogens with zero attached hydrogens (tertiary/aromatic N) is 2. The average Bonchev–Trinajstić information content (AvgIpc) is 2.23. The van der Waals surface area contributed by atoms with E-state index in [9.17, 15) is 5.11 Å². The van der Waals surface area contributed by atoms with Crippen LogP contribution in [0.2, 0.25) is 0 Å². The van der Waals surface area contributed by atoms with E-state index >= 15 is 0 Å². The summed E-state index contributed by atoms with van der Waals surface area (Å²) >= 11 is 0. The lowest BCUT2D eigenvalue weighted by molar-refractivity contribution is 0.0690. The van der Waals surface area contributed by atoms with Crippen LogP contribution in [-0.4, -0.2) is 60.8 Å². The predicted octanol–water partition coefficient (Wildman–Crippen LogP) is 1.67. The normalized spacial score (nSPS) is 20.4. The Morgan fingerprint density at radius 2 is 1.56 bits per heavy atom. The zero-order valence-electron chi connectivity index (χ0n) is 11.7. The summed E-state index contributed by atoms with van der Waals surface area (Å²) in [6.45, 7) is 13.6. The second kappa shape index (κ2) is 8.97. The van der Waals surface area contributed by atoms with Gasteiger partial charge in [-0.2, -0.15) is 0 Å². The van der Waals surface area contributed by atoms with Crippen LogP contribution < -0.4 is 0 Å². The van der Waals surface area contributed by atoms with Gasteiger partial charge in [0.15, 0.2) is 0 Å². The molecule has 1 aliphatic rings. The molecule has 98 valence electrons. The molecule has 0 radical (unpaired) electrons. The van der Waals surface area contributed by atoms with Crippen molar-refractivity contribution in [3.05, 3.63) is 0 Å². The van der Waals surface area contributed by atoms with Crippen LogP contribution in [0.5, 0.6) is 0 Å². The summed E-state index contributed by atoms with van der Waals surface area (Å²) in [6, 6.07) is 0. The first-order valence-electron chi connectivity index (χ1n) is 6.67. The molecule has 1 saturated heterocycles. The second-order valence-corrected chi connectivity index (χ2v) is 4.89. The lowest BCUT2D eigenvalue weighted by Gasteiger charge is -2.33. The highest BCUT2D eigenvalue weighted by molar-refractivity contribution is 4.72. The van der Waals surface area contributed by atoms with E-state index < -0.39 is 0 Å². The number of hydrogen-bond donors (Lipinski definition) is 1. The molecule has 0 saturated carbocycles. The van der Waals surface area contributed by atoms with Gasteiger partial charge >= 0.3 is 0 Å². The summed E-state index contributed by atoms with van der Waals surface area (Å²) in [5, 5.41) is 9.78. The molecule has 0 aliphatic carbocycles. The van der Waals surface area contributed by atoms with Gasteiger partial charge in [0.2, 0.25) is 0 Å². The number of hydrogen-bond acceptors (Lipinski definition) is 3. The molecular formula is C13H30N2O. The number of likely N-dealkylation sites (N-methyl/N-ethyl adjacent to an activating group) is 1. The van der Waals surface area contributed by atoms with Gasteiger partial charge in [-0.3, -0.25) is 4.90 Å². The molecule has 0 aromatic rings. The Morgan fingerprint density at radius 3 is 2.00 bits per heavy atom. The summed E-state index contributed by atoms with van der Waals surface area (Å²) < 4.78 is 0. The molecule has 0 bridgehead atoms. The van der Waals surface area contributed by atoms with Crippen molar-refractivity contribution in [3.63, 3.8) is 0 Å². The highest BCUT2D eigenvalue weighted by Gasteiger charge is 2.17. The highest BCUT2D eigenvalue weighted by atomic mass is 16.3. The van der Waals surface area contributed by atoms with E-state index in [2.05, 4.69) is 30.7 Å². The molecule has 1 N–H and O–H groups in total. The van der Waals surface area contributed by atoms with Crippen molar-refractivity contribution < 1.29 is 5.11 Å². The first kappa shape index (κ1) is 15.9. The van der Waals surface area contributed by atoms with Gasteiger partial charge < -0.3 is 10.0 Å². The smallest absolute Gasteiger partial charge is 0.0669 e. The van der Waals surface area contributed by atoms with Crippen molar-refractivity contribution in [2.24, 2.45) is 5.92 Å². The molecule has 16 heavy (non-hydrogen) atoms. The van der Waals surface area contributed by atoms with Gasteiger partial charge in [0, 0.05) is 32.7 Å². The fourth-order valence-electron chi connectivity index (χ4n) is 1.95. The molecule has 3 nitrogen and oxygen atoms in total. The van der Waals surface area contributed by atoms with Crippen molar-refractivity contribution in [2.45, 2.75) is 40.2 Å². The minimum atomic E-state index is -0.140. The van der Waals surface area contributed by atoms with Crippen molar-refractivity contribution in [1.29, 1.82) is 0 Å². The first-order valence-corrected chi connectivity index (χ1v) is 6.67. The van der Waals surface area contributed by atoms with Gasteiger partial charge in [-0.05, 0) is 19.4 Å². The Balaban J connectivity index is 0.00000106. The van der Waals surface area contributed by atoms with E-state index in [1.54, 1.807) is 0 Å². The largest absolute Gasteiger partial charge is 0.392 e. The maximum Gasteiger partial charge on any atom is 0.0669 e. The number of rotatable bonds is 4. The Kier molecular flexibility index (Phi) is 8.90. The van der Waals surface area contributed by atoms with Crippen molar-refractivity contribution in [3.8, 4) is 0 Å². The van der Waals surface area contributed by atoms with Crippen LogP contribution in [0.3, 0.4) is 0 Å². The third kappa shape index (κ3) is 7.20. The van der Waals surface area contributed by atoms with E-state index in [-0.39, 0.29) is 6.10 Å². The third-order valence-corrected chi connectivity index (χ3v) is 2.81. The van der Waals surface area contributed by atoms with Crippen LogP contribution in [-0.2, 0) is 0 Å². The maximum atomic E-state index is 9.78. The topological polar surface area (TPSA) is 26.7 Å². The lowest BCUT2D eigenvalue weighted by atomic mass is 10.1. The summed E-state index contributed by atoms with van der Waals surface area (Å²) in [4.78, 5) is 4.71. The Morgan fingerprint density at radius 1 is 1.06 bits per heavy atom. The SMILES string of the molecule is CC.CC(C)CC(O)CN1CCN(C)CC1. The molecule has 1 unspecified atom stereocenters. The van der Waals surface area contributed by atoms with E-state index in [4.69, 9.17) is 0 Å². The lowest BCUT2D eigenvalue weighted by Crippen LogP contribution is -2.47. The monoisotopic (exact) mass is 230 g/mol. The van der Waals surface area contributed by atoms with E-state index in [0.717, 1.165) is 39.1 Å². The fraction of sp³-hybridized carbons (Fsp3) is 1.00. The Bertz CT molecular complexity index is 154.